The molecule has 2 aliphatic carbocycles. The summed E-state index contributed by atoms with van der Waals surface area (Å²) in [6.07, 6.45) is 0.986. The normalized spacial score (nSPS) is 29.9. The highest BCUT2D eigenvalue weighted by Crippen LogP contribution is 2.70. The van der Waals surface area contributed by atoms with Gasteiger partial charge in [-0.15, -0.1) is 0 Å². The minimum absolute atomic E-state index is 0.265. The van der Waals surface area contributed by atoms with Crippen LogP contribution in [0.2, 0.25) is 0 Å². The van der Waals surface area contributed by atoms with E-state index in [1.54, 1.807) is 0 Å². The van der Waals surface area contributed by atoms with E-state index < -0.39 is 0 Å². The van der Waals surface area contributed by atoms with E-state index in [9.17, 15) is 4.79 Å². The molecule has 2 atom stereocenters. The molecule has 1 aromatic rings. The zero-order valence-corrected chi connectivity index (χ0v) is 10.0. The molecule has 0 aliphatic heterocycles. The van der Waals surface area contributed by atoms with Gasteiger partial charge >= 0.3 is 5.24 Å². The van der Waals surface area contributed by atoms with Gasteiger partial charge in [0.15, 0.2) is 0 Å². The minimum atomic E-state index is -0.265. The third-order valence-corrected chi connectivity index (χ3v) is 4.35. The van der Waals surface area contributed by atoms with E-state index >= 15 is 0 Å². The Morgan fingerprint density at radius 3 is 2.87 bits per heavy atom. The van der Waals surface area contributed by atoms with Crippen molar-refractivity contribution in [2.75, 3.05) is 0 Å². The summed E-state index contributed by atoms with van der Waals surface area (Å²) in [7, 11) is 0. The molecule has 1 saturated carbocycles. The molecule has 0 amide bonds. The van der Waals surface area contributed by atoms with Crippen LogP contribution in [0.5, 0.6) is 0 Å². The molecular formula is C11H14N2OS. The lowest BCUT2D eigenvalue weighted by atomic mass is 9.98. The van der Waals surface area contributed by atoms with Crippen molar-refractivity contribution in [3.8, 4) is 0 Å². The van der Waals surface area contributed by atoms with Crippen molar-refractivity contribution in [2.24, 2.45) is 11.3 Å². The van der Waals surface area contributed by atoms with Gasteiger partial charge in [-0.2, -0.15) is 9.78 Å². The Balaban J connectivity index is 2.14. The van der Waals surface area contributed by atoms with Crippen LogP contribution >= 0.6 is 12.6 Å². The van der Waals surface area contributed by atoms with E-state index in [1.807, 2.05) is 6.92 Å². The summed E-state index contributed by atoms with van der Waals surface area (Å²) in [5.41, 5.74) is 3.82. The summed E-state index contributed by atoms with van der Waals surface area (Å²) in [5, 5.41) is 4.00. The lowest BCUT2D eigenvalue weighted by molar-refractivity contribution is 0.259. The van der Waals surface area contributed by atoms with Crippen LogP contribution in [-0.2, 0) is 6.42 Å². The van der Waals surface area contributed by atoms with Crippen molar-refractivity contribution in [1.82, 2.24) is 9.78 Å². The lowest BCUT2D eigenvalue weighted by Crippen LogP contribution is -2.10. The quantitative estimate of drug-likeness (QED) is 0.684. The summed E-state index contributed by atoms with van der Waals surface area (Å²) in [6.45, 7) is 6.58. The molecular weight excluding hydrogens is 208 g/mol. The molecule has 1 fully saturated rings. The van der Waals surface area contributed by atoms with E-state index in [-0.39, 0.29) is 5.24 Å². The zero-order valence-electron chi connectivity index (χ0n) is 9.11. The Hall–Kier alpha value is -0.770. The Morgan fingerprint density at radius 2 is 2.27 bits per heavy atom. The predicted octanol–water partition coefficient (Wildman–Crippen LogP) is 2.39. The Kier molecular flexibility index (Phi) is 1.57. The molecule has 15 heavy (non-hydrogen) atoms. The Labute approximate surface area is 94.3 Å². The number of nitrogens with zero attached hydrogens (tertiary/aromatic N) is 2. The molecule has 0 unspecified atom stereocenters. The Morgan fingerprint density at radius 1 is 1.60 bits per heavy atom. The number of carbonyl (C=O) groups excluding carboxylic acids is 1. The molecule has 0 spiro atoms. The third kappa shape index (κ3) is 0.982. The van der Waals surface area contributed by atoms with Gasteiger partial charge in [-0.05, 0) is 30.6 Å². The molecule has 0 bridgehead atoms. The first kappa shape index (κ1) is 9.46. The van der Waals surface area contributed by atoms with E-state index in [2.05, 4.69) is 31.6 Å². The number of thiol groups is 1. The highest BCUT2D eigenvalue weighted by molar-refractivity contribution is 7.96. The topological polar surface area (TPSA) is 34.9 Å². The van der Waals surface area contributed by atoms with Crippen LogP contribution in [0.15, 0.2) is 0 Å². The SMILES string of the molecule is Cc1nn(C(=O)S)c2c1[C@H]1[C@@H](C2)C1(C)C. The standard InChI is InChI=1S/C11H14N2OS/c1-5-8-7(13(12-5)10(14)15)4-6-9(8)11(6,2)3/h6,9H,4H2,1-3H3,(H,14,15)/t6-,9-/m1/s1. The second-order valence-corrected chi connectivity index (χ2v) is 5.63. The number of aryl methyl sites for hydroxylation is 1. The van der Waals surface area contributed by atoms with Gasteiger partial charge < -0.3 is 0 Å². The number of hydrogen-bond donors (Lipinski definition) is 1. The van der Waals surface area contributed by atoms with Gasteiger partial charge in [0, 0.05) is 5.56 Å². The van der Waals surface area contributed by atoms with Crippen LogP contribution in [0, 0.1) is 18.3 Å². The lowest BCUT2D eigenvalue weighted by Gasteiger charge is -2.08. The van der Waals surface area contributed by atoms with Crippen LogP contribution in [0.1, 0.15) is 36.7 Å². The first-order chi connectivity index (χ1) is 6.94. The number of aromatic nitrogens is 2. The summed E-state index contributed by atoms with van der Waals surface area (Å²) < 4.78 is 1.47. The molecule has 2 aliphatic rings. The summed E-state index contributed by atoms with van der Waals surface area (Å²) >= 11 is 3.85. The maximum Gasteiger partial charge on any atom is 0.303 e. The van der Waals surface area contributed by atoms with Gasteiger partial charge in [0.2, 0.25) is 0 Å². The van der Waals surface area contributed by atoms with E-state index in [1.165, 1.54) is 10.2 Å². The fraction of sp³-hybridized carbons (Fsp3) is 0.636. The average Bonchev–Trinajstić information content (AvgIpc) is 2.54. The maximum atomic E-state index is 11.3. The largest absolute Gasteiger partial charge is 0.303 e. The molecule has 0 saturated heterocycles. The van der Waals surface area contributed by atoms with E-state index in [4.69, 9.17) is 0 Å². The van der Waals surface area contributed by atoms with Crippen molar-refractivity contribution < 1.29 is 4.79 Å². The van der Waals surface area contributed by atoms with Gasteiger partial charge in [0.1, 0.15) is 0 Å². The summed E-state index contributed by atoms with van der Waals surface area (Å²) in [6, 6.07) is 0. The molecule has 3 nitrogen and oxygen atoms in total. The predicted molar refractivity (Wildman–Crippen MR) is 60.5 cm³/mol. The van der Waals surface area contributed by atoms with Gasteiger partial charge in [-0.3, -0.25) is 4.79 Å². The molecule has 1 heterocycles. The second-order valence-electron chi connectivity index (χ2n) is 5.25. The average molecular weight is 222 g/mol. The molecule has 80 valence electrons. The number of carbonyl (C=O) groups is 1. The van der Waals surface area contributed by atoms with E-state index in [0.717, 1.165) is 17.8 Å². The van der Waals surface area contributed by atoms with Crippen molar-refractivity contribution in [2.45, 2.75) is 33.1 Å². The van der Waals surface area contributed by atoms with Crippen LogP contribution in [0.3, 0.4) is 0 Å². The van der Waals surface area contributed by atoms with Gasteiger partial charge in [-0.1, -0.05) is 26.5 Å². The zero-order chi connectivity index (χ0) is 11.0. The fourth-order valence-electron chi connectivity index (χ4n) is 3.25. The van der Waals surface area contributed by atoms with Crippen LogP contribution in [0.4, 0.5) is 4.79 Å². The molecule has 1 aromatic heterocycles. The minimum Gasteiger partial charge on any atom is -0.260 e. The van der Waals surface area contributed by atoms with E-state index in [0.29, 0.717) is 17.3 Å². The highest BCUT2D eigenvalue weighted by atomic mass is 32.1. The van der Waals surface area contributed by atoms with Gasteiger partial charge in [0.25, 0.3) is 0 Å². The molecule has 0 radical (unpaired) electrons. The maximum absolute atomic E-state index is 11.3. The van der Waals surface area contributed by atoms with Gasteiger partial charge in [0.05, 0.1) is 11.4 Å². The Bertz CT molecular complexity index is 475. The first-order valence-corrected chi connectivity index (χ1v) is 5.71. The van der Waals surface area contributed by atoms with Gasteiger partial charge in [-0.25, -0.2) is 0 Å². The molecule has 4 heteroatoms. The molecule has 3 rings (SSSR count). The smallest absolute Gasteiger partial charge is 0.260 e. The number of hydrogen-bond acceptors (Lipinski definition) is 2. The summed E-state index contributed by atoms with van der Waals surface area (Å²) in [4.78, 5) is 11.3. The van der Waals surface area contributed by atoms with Crippen LogP contribution < -0.4 is 0 Å². The molecule has 0 N–H and O–H groups in total. The number of fused-ring (bicyclic) bond motifs is 3. The van der Waals surface area contributed by atoms with Crippen LogP contribution in [0.25, 0.3) is 0 Å². The first-order valence-electron chi connectivity index (χ1n) is 5.26. The van der Waals surface area contributed by atoms with Crippen molar-refractivity contribution in [3.63, 3.8) is 0 Å². The third-order valence-electron chi connectivity index (χ3n) is 4.16. The monoisotopic (exact) mass is 222 g/mol. The van der Waals surface area contributed by atoms with Crippen molar-refractivity contribution in [3.05, 3.63) is 17.0 Å². The number of rotatable bonds is 0. The highest BCUT2D eigenvalue weighted by Gasteiger charge is 2.63. The summed E-state index contributed by atoms with van der Waals surface area (Å²) in [5.74, 6) is 1.33. The molecule has 0 aromatic carbocycles. The second kappa shape index (κ2) is 2.48. The van der Waals surface area contributed by atoms with Crippen molar-refractivity contribution >= 4 is 17.9 Å². The fourth-order valence-corrected chi connectivity index (χ4v) is 3.42. The van der Waals surface area contributed by atoms with Crippen LogP contribution in [-0.4, -0.2) is 15.0 Å². The van der Waals surface area contributed by atoms with Crippen molar-refractivity contribution in [1.29, 1.82) is 0 Å².